The molecule has 20 heavy (non-hydrogen) atoms. The predicted octanol–water partition coefficient (Wildman–Crippen LogP) is 7.60. The first-order valence-electron chi connectivity index (χ1n) is 9.06. The zero-order valence-corrected chi connectivity index (χ0v) is 14.3. The number of rotatable bonds is 15. The third-order valence-electron chi connectivity index (χ3n) is 3.87. The van der Waals surface area contributed by atoms with Crippen molar-refractivity contribution in [3.05, 3.63) is 24.3 Å². The lowest BCUT2D eigenvalue weighted by atomic mass is 10.1. The number of allylic oxidation sites excluding steroid dienone is 3. The molecule has 0 unspecified atom stereocenters. The lowest BCUT2D eigenvalue weighted by molar-refractivity contribution is 0.608. The van der Waals surface area contributed by atoms with E-state index in [1.165, 1.54) is 95.5 Å². The molecule has 0 amide bonds. The highest BCUT2D eigenvalue weighted by molar-refractivity contribution is 4.87. The van der Waals surface area contributed by atoms with Crippen LogP contribution in [0.1, 0.15) is 104 Å². The van der Waals surface area contributed by atoms with Gasteiger partial charge >= 0.3 is 0 Å². The Labute approximate surface area is 128 Å². The highest BCUT2D eigenvalue weighted by atomic mass is 14.0. The fourth-order valence-corrected chi connectivity index (χ4v) is 2.50. The van der Waals surface area contributed by atoms with E-state index in [-0.39, 0.29) is 0 Å². The summed E-state index contributed by atoms with van der Waals surface area (Å²) in [6.07, 6.45) is 24.0. The van der Waals surface area contributed by atoms with Crippen molar-refractivity contribution in [2.45, 2.75) is 104 Å². The third-order valence-corrected chi connectivity index (χ3v) is 3.87. The Kier molecular flexibility index (Phi) is 16.1. The van der Waals surface area contributed by atoms with Gasteiger partial charge in [0.2, 0.25) is 0 Å². The van der Waals surface area contributed by atoms with Gasteiger partial charge in [-0.15, -0.1) is 6.58 Å². The summed E-state index contributed by atoms with van der Waals surface area (Å²) in [4.78, 5) is 0. The predicted molar refractivity (Wildman–Crippen MR) is 94.3 cm³/mol. The molecule has 0 aliphatic heterocycles. The van der Waals surface area contributed by atoms with Crippen LogP contribution in [0.2, 0.25) is 0 Å². The summed E-state index contributed by atoms with van der Waals surface area (Å²) in [7, 11) is 0. The van der Waals surface area contributed by atoms with Crippen LogP contribution in [0.3, 0.4) is 0 Å². The Morgan fingerprint density at radius 3 is 1.65 bits per heavy atom. The summed E-state index contributed by atoms with van der Waals surface area (Å²) in [5.41, 5.74) is 1.34. The molecule has 0 aliphatic carbocycles. The van der Waals surface area contributed by atoms with Gasteiger partial charge in [-0.25, -0.2) is 0 Å². The van der Waals surface area contributed by atoms with E-state index in [9.17, 15) is 0 Å². The molecule has 0 nitrogen and oxygen atoms in total. The summed E-state index contributed by atoms with van der Waals surface area (Å²) in [6.45, 7) is 8.36. The molecule has 0 aromatic rings. The van der Waals surface area contributed by atoms with Gasteiger partial charge in [0.15, 0.2) is 0 Å². The van der Waals surface area contributed by atoms with E-state index >= 15 is 0 Å². The normalized spacial score (nSPS) is 11.3. The van der Waals surface area contributed by atoms with Crippen LogP contribution in [-0.4, -0.2) is 0 Å². The first-order valence-corrected chi connectivity index (χ1v) is 9.06. The van der Waals surface area contributed by atoms with E-state index in [0.717, 1.165) is 0 Å². The smallest absolute Gasteiger partial charge is 0.0326 e. The standard InChI is InChI=1S/C20H38/c1-4-5-6-7-8-9-10-11-12-13-14-15-16-17-18-19-20(2)3/h11-12H,2,4-10,13-19H2,1,3H3/b12-11-. The van der Waals surface area contributed by atoms with Gasteiger partial charge in [0.1, 0.15) is 0 Å². The summed E-state index contributed by atoms with van der Waals surface area (Å²) in [5, 5.41) is 0. The molecule has 0 rings (SSSR count). The largest absolute Gasteiger partial charge is 0.100 e. The van der Waals surface area contributed by atoms with Crippen LogP contribution in [0.25, 0.3) is 0 Å². The van der Waals surface area contributed by atoms with E-state index < -0.39 is 0 Å². The van der Waals surface area contributed by atoms with E-state index in [1.54, 1.807) is 0 Å². The Morgan fingerprint density at radius 2 is 1.15 bits per heavy atom. The van der Waals surface area contributed by atoms with Crippen molar-refractivity contribution in [2.75, 3.05) is 0 Å². The van der Waals surface area contributed by atoms with Gasteiger partial charge < -0.3 is 0 Å². The molecule has 0 aromatic heterocycles. The summed E-state index contributed by atoms with van der Waals surface area (Å²) < 4.78 is 0. The first-order chi connectivity index (χ1) is 9.77. The van der Waals surface area contributed by atoms with E-state index in [4.69, 9.17) is 0 Å². The molecular formula is C20H38. The minimum atomic E-state index is 1.22. The molecule has 0 aliphatic rings. The second-order valence-corrected chi connectivity index (χ2v) is 6.29. The fourth-order valence-electron chi connectivity index (χ4n) is 2.50. The van der Waals surface area contributed by atoms with Crippen LogP contribution in [0.15, 0.2) is 24.3 Å². The Bertz CT molecular complexity index is 224. The van der Waals surface area contributed by atoms with Crippen LogP contribution in [-0.2, 0) is 0 Å². The van der Waals surface area contributed by atoms with Gasteiger partial charge in [-0.05, 0) is 45.4 Å². The minimum Gasteiger partial charge on any atom is -0.100 e. The average molecular weight is 279 g/mol. The van der Waals surface area contributed by atoms with Crippen LogP contribution in [0.4, 0.5) is 0 Å². The maximum atomic E-state index is 3.95. The molecule has 0 saturated carbocycles. The van der Waals surface area contributed by atoms with Crippen LogP contribution in [0.5, 0.6) is 0 Å². The second kappa shape index (κ2) is 16.5. The Hall–Kier alpha value is -0.520. The van der Waals surface area contributed by atoms with E-state index in [0.29, 0.717) is 0 Å². The van der Waals surface area contributed by atoms with Crippen molar-refractivity contribution in [3.63, 3.8) is 0 Å². The molecule has 118 valence electrons. The summed E-state index contributed by atoms with van der Waals surface area (Å²) in [5.74, 6) is 0. The van der Waals surface area contributed by atoms with Crippen molar-refractivity contribution in [2.24, 2.45) is 0 Å². The van der Waals surface area contributed by atoms with Crippen LogP contribution in [0, 0.1) is 0 Å². The summed E-state index contributed by atoms with van der Waals surface area (Å²) in [6, 6.07) is 0. The molecule has 0 saturated heterocycles. The Balaban J connectivity index is 3.07. The monoisotopic (exact) mass is 278 g/mol. The van der Waals surface area contributed by atoms with Gasteiger partial charge in [0.05, 0.1) is 0 Å². The first kappa shape index (κ1) is 19.5. The van der Waals surface area contributed by atoms with Gasteiger partial charge in [-0.1, -0.05) is 76.0 Å². The summed E-state index contributed by atoms with van der Waals surface area (Å²) >= 11 is 0. The topological polar surface area (TPSA) is 0 Å². The van der Waals surface area contributed by atoms with Crippen molar-refractivity contribution in [1.82, 2.24) is 0 Å². The van der Waals surface area contributed by atoms with Gasteiger partial charge in [0, 0.05) is 0 Å². The van der Waals surface area contributed by atoms with E-state index in [1.807, 2.05) is 0 Å². The molecule has 0 radical (unpaired) electrons. The molecule has 0 heterocycles. The van der Waals surface area contributed by atoms with Crippen molar-refractivity contribution < 1.29 is 0 Å². The second-order valence-electron chi connectivity index (χ2n) is 6.29. The third kappa shape index (κ3) is 17.5. The molecule has 0 aromatic carbocycles. The average Bonchev–Trinajstić information content (AvgIpc) is 2.43. The van der Waals surface area contributed by atoms with E-state index in [2.05, 4.69) is 32.6 Å². The molecule has 0 spiro atoms. The molecule has 0 fully saturated rings. The van der Waals surface area contributed by atoms with Crippen LogP contribution < -0.4 is 0 Å². The lowest BCUT2D eigenvalue weighted by Crippen LogP contribution is -1.80. The van der Waals surface area contributed by atoms with Crippen LogP contribution >= 0.6 is 0 Å². The minimum absolute atomic E-state index is 1.22. The van der Waals surface area contributed by atoms with Crippen molar-refractivity contribution >= 4 is 0 Å². The maximum absolute atomic E-state index is 3.95. The zero-order valence-electron chi connectivity index (χ0n) is 14.3. The van der Waals surface area contributed by atoms with Crippen molar-refractivity contribution in [3.8, 4) is 0 Å². The van der Waals surface area contributed by atoms with Gasteiger partial charge in [0.25, 0.3) is 0 Å². The number of hydrogen-bond donors (Lipinski definition) is 0. The fraction of sp³-hybridized carbons (Fsp3) is 0.800. The SMILES string of the molecule is C=C(C)CCCCCCC/C=C\CCCCCCCC. The molecular weight excluding hydrogens is 240 g/mol. The zero-order chi connectivity index (χ0) is 14.9. The molecule has 0 atom stereocenters. The quantitative estimate of drug-likeness (QED) is 0.214. The number of hydrogen-bond acceptors (Lipinski definition) is 0. The molecule has 0 bridgehead atoms. The highest BCUT2D eigenvalue weighted by Crippen LogP contribution is 2.11. The molecule has 0 heteroatoms. The molecule has 0 N–H and O–H groups in total. The van der Waals surface area contributed by atoms with Crippen molar-refractivity contribution in [1.29, 1.82) is 0 Å². The lowest BCUT2D eigenvalue weighted by Gasteiger charge is -2.00. The maximum Gasteiger partial charge on any atom is -0.0326 e. The van der Waals surface area contributed by atoms with Gasteiger partial charge in [-0.3, -0.25) is 0 Å². The highest BCUT2D eigenvalue weighted by Gasteiger charge is 1.91. The Morgan fingerprint density at radius 1 is 0.700 bits per heavy atom. The van der Waals surface area contributed by atoms with Gasteiger partial charge in [-0.2, -0.15) is 0 Å². The number of unbranched alkanes of at least 4 members (excludes halogenated alkanes) is 11.